The summed E-state index contributed by atoms with van der Waals surface area (Å²) in [5.41, 5.74) is 2.49. The number of rotatable bonds is 6. The average Bonchev–Trinajstić information content (AvgIpc) is 3.24. The van der Waals surface area contributed by atoms with Crippen molar-refractivity contribution in [3.8, 4) is 0 Å². The van der Waals surface area contributed by atoms with Gasteiger partial charge in [-0.25, -0.2) is 4.68 Å². The lowest BCUT2D eigenvalue weighted by Gasteiger charge is -2.33. The number of amides is 1. The number of aromatic nitrogens is 2. The highest BCUT2D eigenvalue weighted by Gasteiger charge is 2.48. The summed E-state index contributed by atoms with van der Waals surface area (Å²) in [6, 6.07) is 25.5. The largest absolute Gasteiger partial charge is 0.410 e. The summed E-state index contributed by atoms with van der Waals surface area (Å²) < 4.78 is 43.7. The first-order valence-electron chi connectivity index (χ1n) is 11.8. The van der Waals surface area contributed by atoms with Crippen LogP contribution < -0.4 is 5.32 Å². The molecule has 0 saturated carbocycles. The molecule has 0 unspecified atom stereocenters. The second-order valence-corrected chi connectivity index (χ2v) is 9.78. The Bertz CT molecular complexity index is 1320. The molecule has 1 aromatic heterocycles. The zero-order valence-corrected chi connectivity index (χ0v) is 21.3. The summed E-state index contributed by atoms with van der Waals surface area (Å²) in [4.78, 5) is 15.4. The SMILES string of the molecule is O=C(c1nn2c(c1Br)N[C@H](c1ccccc1)C[C@@H]2C(F)(F)F)N(Cc1ccccc1)Cc1ccccc1. The number of hydrogen-bond donors (Lipinski definition) is 1. The van der Waals surface area contributed by atoms with E-state index in [9.17, 15) is 18.0 Å². The summed E-state index contributed by atoms with van der Waals surface area (Å²) >= 11 is 3.41. The fraction of sp³-hybridized carbons (Fsp3) is 0.214. The Kier molecular flexibility index (Phi) is 7.06. The number of nitrogens with zero attached hydrogens (tertiary/aromatic N) is 3. The highest BCUT2D eigenvalue weighted by molar-refractivity contribution is 9.10. The van der Waals surface area contributed by atoms with Gasteiger partial charge in [0, 0.05) is 19.5 Å². The molecule has 2 heterocycles. The van der Waals surface area contributed by atoms with E-state index in [-0.39, 0.29) is 35.5 Å². The van der Waals surface area contributed by atoms with Gasteiger partial charge in [-0.1, -0.05) is 91.0 Å². The van der Waals surface area contributed by atoms with Gasteiger partial charge in [0.25, 0.3) is 5.91 Å². The molecule has 37 heavy (non-hydrogen) atoms. The smallest absolute Gasteiger partial charge is 0.362 e. The maximum atomic E-state index is 14.2. The second-order valence-electron chi connectivity index (χ2n) is 8.99. The number of carbonyl (C=O) groups excluding carboxylic acids is 1. The van der Waals surface area contributed by atoms with Gasteiger partial charge < -0.3 is 10.2 Å². The Morgan fingerprint density at radius 1 is 0.919 bits per heavy atom. The van der Waals surface area contributed by atoms with Crippen LogP contribution in [-0.2, 0) is 13.1 Å². The van der Waals surface area contributed by atoms with Gasteiger partial charge in [0.2, 0.25) is 0 Å². The first kappa shape index (κ1) is 25.1. The summed E-state index contributed by atoms with van der Waals surface area (Å²) in [5, 5.41) is 7.41. The van der Waals surface area contributed by atoms with E-state index < -0.39 is 24.2 Å². The quantitative estimate of drug-likeness (QED) is 0.269. The van der Waals surface area contributed by atoms with Crippen molar-refractivity contribution in [2.24, 2.45) is 0 Å². The van der Waals surface area contributed by atoms with E-state index in [1.165, 1.54) is 0 Å². The van der Waals surface area contributed by atoms with Crippen LogP contribution in [0.3, 0.4) is 0 Å². The molecule has 0 saturated heterocycles. The summed E-state index contributed by atoms with van der Waals surface area (Å²) in [5.74, 6) is -0.314. The lowest BCUT2D eigenvalue weighted by molar-refractivity contribution is -0.173. The standard InChI is InChI=1S/C28H24BrF3N4O/c29-24-25(27(37)35(17-19-10-4-1-5-11-19)18-20-12-6-2-7-13-20)34-36-23(28(30,31)32)16-22(33-26(24)36)21-14-8-3-9-15-21/h1-15,22-23,33H,16-18H2/t22-,23+/m0/s1. The highest BCUT2D eigenvalue weighted by atomic mass is 79.9. The van der Waals surface area contributed by atoms with Crippen molar-refractivity contribution in [1.29, 1.82) is 0 Å². The number of carbonyl (C=O) groups is 1. The lowest BCUT2D eigenvalue weighted by atomic mass is 9.97. The molecule has 3 aromatic carbocycles. The molecule has 5 rings (SSSR count). The fourth-order valence-corrected chi connectivity index (χ4v) is 5.13. The zero-order chi connectivity index (χ0) is 26.0. The number of hydrogen-bond acceptors (Lipinski definition) is 3. The van der Waals surface area contributed by atoms with E-state index in [1.54, 1.807) is 29.2 Å². The molecule has 190 valence electrons. The Morgan fingerprint density at radius 3 is 1.95 bits per heavy atom. The first-order chi connectivity index (χ1) is 17.8. The average molecular weight is 569 g/mol. The van der Waals surface area contributed by atoms with Crippen LogP contribution in [0.2, 0.25) is 0 Å². The van der Waals surface area contributed by atoms with Crippen LogP contribution in [0.15, 0.2) is 95.5 Å². The van der Waals surface area contributed by atoms with E-state index in [4.69, 9.17) is 0 Å². The molecule has 2 atom stereocenters. The molecular formula is C28H24BrF3N4O. The molecule has 4 aromatic rings. The Labute approximate surface area is 221 Å². The van der Waals surface area contributed by atoms with E-state index in [0.717, 1.165) is 21.4 Å². The normalized spacial score (nSPS) is 17.1. The molecule has 5 nitrogen and oxygen atoms in total. The lowest BCUT2D eigenvalue weighted by Crippen LogP contribution is -2.36. The van der Waals surface area contributed by atoms with Crippen LogP contribution in [0.25, 0.3) is 0 Å². The van der Waals surface area contributed by atoms with Crippen LogP contribution in [-0.4, -0.2) is 26.8 Å². The number of nitrogens with one attached hydrogen (secondary N) is 1. The maximum Gasteiger partial charge on any atom is 0.410 e. The van der Waals surface area contributed by atoms with Gasteiger partial charge in [-0.05, 0) is 32.6 Å². The molecule has 0 aliphatic carbocycles. The molecule has 0 fully saturated rings. The number of fused-ring (bicyclic) bond motifs is 1. The molecule has 1 N–H and O–H groups in total. The Morgan fingerprint density at radius 2 is 1.43 bits per heavy atom. The fourth-order valence-electron chi connectivity index (χ4n) is 4.59. The van der Waals surface area contributed by atoms with Crippen LogP contribution in [0, 0.1) is 0 Å². The van der Waals surface area contributed by atoms with Gasteiger partial charge in [0.15, 0.2) is 11.7 Å². The van der Waals surface area contributed by atoms with E-state index >= 15 is 0 Å². The molecule has 0 radical (unpaired) electrons. The second kappa shape index (κ2) is 10.4. The van der Waals surface area contributed by atoms with E-state index in [1.807, 2.05) is 66.7 Å². The van der Waals surface area contributed by atoms with Crippen molar-refractivity contribution in [1.82, 2.24) is 14.7 Å². The van der Waals surface area contributed by atoms with Crippen molar-refractivity contribution in [3.63, 3.8) is 0 Å². The van der Waals surface area contributed by atoms with Gasteiger partial charge in [0.05, 0.1) is 10.5 Å². The molecule has 0 bridgehead atoms. The van der Waals surface area contributed by atoms with Crippen LogP contribution in [0.4, 0.5) is 19.0 Å². The monoisotopic (exact) mass is 568 g/mol. The summed E-state index contributed by atoms with van der Waals surface area (Å²) in [6.07, 6.45) is -4.77. The predicted molar refractivity (Wildman–Crippen MR) is 139 cm³/mol. The number of alkyl halides is 3. The summed E-state index contributed by atoms with van der Waals surface area (Å²) in [7, 11) is 0. The molecule has 1 aliphatic rings. The predicted octanol–water partition coefficient (Wildman–Crippen LogP) is 7.15. The van der Waals surface area contributed by atoms with Gasteiger partial charge >= 0.3 is 6.18 Å². The third-order valence-electron chi connectivity index (χ3n) is 6.42. The zero-order valence-electron chi connectivity index (χ0n) is 19.7. The first-order valence-corrected chi connectivity index (χ1v) is 12.6. The molecule has 0 spiro atoms. The van der Waals surface area contributed by atoms with Gasteiger partial charge in [-0.15, -0.1) is 0 Å². The van der Waals surface area contributed by atoms with Crippen molar-refractivity contribution >= 4 is 27.7 Å². The molecule has 1 amide bonds. The van der Waals surface area contributed by atoms with Crippen molar-refractivity contribution in [2.45, 2.75) is 37.8 Å². The number of anilines is 1. The number of halogens is 4. The van der Waals surface area contributed by atoms with Crippen LogP contribution in [0.5, 0.6) is 0 Å². The van der Waals surface area contributed by atoms with Crippen molar-refractivity contribution in [2.75, 3.05) is 5.32 Å². The molecular weight excluding hydrogens is 545 g/mol. The highest BCUT2D eigenvalue weighted by Crippen LogP contribution is 2.46. The van der Waals surface area contributed by atoms with Gasteiger partial charge in [-0.2, -0.15) is 18.3 Å². The van der Waals surface area contributed by atoms with Crippen LogP contribution in [0.1, 0.15) is 45.7 Å². The number of benzene rings is 3. The topological polar surface area (TPSA) is 50.2 Å². The van der Waals surface area contributed by atoms with Gasteiger partial charge in [0.1, 0.15) is 5.82 Å². The minimum Gasteiger partial charge on any atom is -0.362 e. The maximum absolute atomic E-state index is 14.2. The minimum atomic E-state index is -4.54. The van der Waals surface area contributed by atoms with Crippen molar-refractivity contribution in [3.05, 3.63) is 118 Å². The Balaban J connectivity index is 1.52. The third kappa shape index (κ3) is 5.41. The van der Waals surface area contributed by atoms with Crippen LogP contribution >= 0.6 is 15.9 Å². The third-order valence-corrected chi connectivity index (χ3v) is 7.17. The van der Waals surface area contributed by atoms with E-state index in [0.29, 0.717) is 0 Å². The summed E-state index contributed by atoms with van der Waals surface area (Å²) in [6.45, 7) is 0.567. The Hall–Kier alpha value is -3.59. The minimum absolute atomic E-state index is 0.0580. The molecule has 1 aliphatic heterocycles. The van der Waals surface area contributed by atoms with E-state index in [2.05, 4.69) is 26.3 Å². The van der Waals surface area contributed by atoms with Gasteiger partial charge in [-0.3, -0.25) is 4.79 Å². The van der Waals surface area contributed by atoms with Crippen molar-refractivity contribution < 1.29 is 18.0 Å². The molecule has 9 heteroatoms.